The molecule has 2 rings (SSSR count). The summed E-state index contributed by atoms with van der Waals surface area (Å²) < 4.78 is 1.71. The molecule has 1 aromatic carbocycles. The van der Waals surface area contributed by atoms with E-state index in [4.69, 9.17) is 11.6 Å². The molecular formula is C17H20ClN3. The molecule has 4 heteroatoms. The van der Waals surface area contributed by atoms with E-state index in [1.165, 1.54) is 5.56 Å². The molecule has 2 aromatic rings. The van der Waals surface area contributed by atoms with Crippen LogP contribution in [0.5, 0.6) is 0 Å². The molecule has 0 spiro atoms. The van der Waals surface area contributed by atoms with Gasteiger partial charge in [-0.1, -0.05) is 43.1 Å². The van der Waals surface area contributed by atoms with Gasteiger partial charge in [0.15, 0.2) is 5.15 Å². The minimum absolute atomic E-state index is 0.406. The van der Waals surface area contributed by atoms with Gasteiger partial charge in [-0.3, -0.25) is 0 Å². The summed E-state index contributed by atoms with van der Waals surface area (Å²) in [6.45, 7) is 10.4. The van der Waals surface area contributed by atoms with Crippen LogP contribution in [0.1, 0.15) is 41.8 Å². The topological polar surface area (TPSA) is 41.6 Å². The van der Waals surface area contributed by atoms with Crippen LogP contribution in [-0.4, -0.2) is 9.78 Å². The second-order valence-corrected chi connectivity index (χ2v) is 6.34. The van der Waals surface area contributed by atoms with E-state index in [2.05, 4.69) is 44.1 Å². The maximum atomic E-state index is 9.37. The van der Waals surface area contributed by atoms with Crippen molar-refractivity contribution in [3.8, 4) is 11.8 Å². The van der Waals surface area contributed by atoms with E-state index in [1.54, 1.807) is 4.68 Å². The van der Waals surface area contributed by atoms with Crippen molar-refractivity contribution in [1.82, 2.24) is 9.78 Å². The predicted octanol–water partition coefficient (Wildman–Crippen LogP) is 4.52. The smallest absolute Gasteiger partial charge is 0.150 e. The molecule has 0 saturated carbocycles. The van der Waals surface area contributed by atoms with Crippen molar-refractivity contribution in [2.75, 3.05) is 0 Å². The summed E-state index contributed by atoms with van der Waals surface area (Å²) in [7, 11) is 0. The summed E-state index contributed by atoms with van der Waals surface area (Å²) in [4.78, 5) is 0. The minimum atomic E-state index is 0.406. The van der Waals surface area contributed by atoms with Crippen molar-refractivity contribution in [3.63, 3.8) is 0 Å². The van der Waals surface area contributed by atoms with Crippen LogP contribution in [0.3, 0.4) is 0 Å². The standard InChI is InChI=1S/C17H20ClN3/c1-10(2)6-15-14(9-19)17(18)21(20-15)16-12(4)7-11(3)8-13(16)5/h7-8,10H,6H2,1-5H3. The second-order valence-electron chi connectivity index (χ2n) is 5.98. The fraction of sp³-hybridized carbons (Fsp3) is 0.412. The molecule has 0 fully saturated rings. The Morgan fingerprint density at radius 1 is 1.24 bits per heavy atom. The summed E-state index contributed by atoms with van der Waals surface area (Å²) in [6, 6.07) is 6.41. The van der Waals surface area contributed by atoms with E-state index in [1.807, 2.05) is 13.8 Å². The van der Waals surface area contributed by atoms with Crippen molar-refractivity contribution >= 4 is 11.6 Å². The van der Waals surface area contributed by atoms with Crippen molar-refractivity contribution in [1.29, 1.82) is 5.26 Å². The summed E-state index contributed by atoms with van der Waals surface area (Å²) in [5.74, 6) is 0.428. The highest BCUT2D eigenvalue weighted by molar-refractivity contribution is 6.31. The van der Waals surface area contributed by atoms with Gasteiger partial charge in [0.1, 0.15) is 11.6 Å². The molecule has 0 N–H and O–H groups in total. The lowest BCUT2D eigenvalue weighted by Gasteiger charge is -2.12. The number of aromatic nitrogens is 2. The molecular weight excluding hydrogens is 282 g/mol. The summed E-state index contributed by atoms with van der Waals surface area (Å²) in [5.41, 5.74) is 5.66. The zero-order valence-electron chi connectivity index (χ0n) is 13.2. The van der Waals surface area contributed by atoms with Crippen molar-refractivity contribution in [3.05, 3.63) is 45.2 Å². The highest BCUT2D eigenvalue weighted by Crippen LogP contribution is 2.28. The fourth-order valence-corrected chi connectivity index (χ4v) is 3.01. The highest BCUT2D eigenvalue weighted by atomic mass is 35.5. The summed E-state index contributed by atoms with van der Waals surface area (Å²) >= 11 is 6.41. The zero-order valence-corrected chi connectivity index (χ0v) is 13.9. The Labute approximate surface area is 131 Å². The third kappa shape index (κ3) is 2.96. The molecule has 0 atom stereocenters. The SMILES string of the molecule is Cc1cc(C)c(-n2nc(CC(C)C)c(C#N)c2Cl)c(C)c1. The zero-order chi connectivity index (χ0) is 15.7. The van der Waals surface area contributed by atoms with Crippen LogP contribution in [0.2, 0.25) is 5.15 Å². The van der Waals surface area contributed by atoms with Gasteiger partial charge in [0.2, 0.25) is 0 Å². The molecule has 0 aliphatic carbocycles. The molecule has 0 amide bonds. The number of hydrogen-bond donors (Lipinski definition) is 0. The van der Waals surface area contributed by atoms with E-state index in [9.17, 15) is 5.26 Å². The Balaban J connectivity index is 2.66. The van der Waals surface area contributed by atoms with Gasteiger partial charge in [0.05, 0.1) is 11.4 Å². The number of aryl methyl sites for hydroxylation is 3. The predicted molar refractivity (Wildman–Crippen MR) is 86.0 cm³/mol. The van der Waals surface area contributed by atoms with Crippen LogP contribution < -0.4 is 0 Å². The first kappa shape index (κ1) is 15.6. The molecule has 21 heavy (non-hydrogen) atoms. The number of rotatable bonds is 3. The van der Waals surface area contributed by atoms with Gasteiger partial charge in [-0.05, 0) is 44.2 Å². The van der Waals surface area contributed by atoms with Crippen LogP contribution in [-0.2, 0) is 6.42 Å². The molecule has 0 bridgehead atoms. The van der Waals surface area contributed by atoms with E-state index in [0.29, 0.717) is 16.6 Å². The average molecular weight is 302 g/mol. The van der Waals surface area contributed by atoms with Gasteiger partial charge in [-0.15, -0.1) is 0 Å². The van der Waals surface area contributed by atoms with E-state index < -0.39 is 0 Å². The van der Waals surface area contributed by atoms with Gasteiger partial charge in [-0.25, -0.2) is 4.68 Å². The first-order valence-electron chi connectivity index (χ1n) is 7.10. The van der Waals surface area contributed by atoms with Crippen molar-refractivity contribution in [2.45, 2.75) is 41.0 Å². The van der Waals surface area contributed by atoms with E-state index in [0.717, 1.165) is 28.9 Å². The number of nitriles is 1. The first-order chi connectivity index (χ1) is 9.85. The normalized spacial score (nSPS) is 11.0. The van der Waals surface area contributed by atoms with Crippen molar-refractivity contribution < 1.29 is 0 Å². The van der Waals surface area contributed by atoms with Crippen LogP contribution in [0.15, 0.2) is 12.1 Å². The molecule has 0 unspecified atom stereocenters. The highest BCUT2D eigenvalue weighted by Gasteiger charge is 2.20. The number of halogens is 1. The Bertz CT molecular complexity index is 697. The fourth-order valence-electron chi connectivity index (χ4n) is 2.73. The van der Waals surface area contributed by atoms with Gasteiger partial charge in [0.25, 0.3) is 0 Å². The number of nitrogens with zero attached hydrogens (tertiary/aromatic N) is 3. The monoisotopic (exact) mass is 301 g/mol. The first-order valence-corrected chi connectivity index (χ1v) is 7.48. The maximum Gasteiger partial charge on any atom is 0.150 e. The number of benzene rings is 1. The van der Waals surface area contributed by atoms with Gasteiger partial charge in [-0.2, -0.15) is 10.4 Å². The molecule has 0 saturated heterocycles. The molecule has 0 aliphatic heterocycles. The molecule has 3 nitrogen and oxygen atoms in total. The Kier molecular flexibility index (Phi) is 4.39. The summed E-state index contributed by atoms with van der Waals surface area (Å²) in [5, 5.41) is 14.4. The molecule has 1 heterocycles. The van der Waals surface area contributed by atoms with E-state index >= 15 is 0 Å². The summed E-state index contributed by atoms with van der Waals surface area (Å²) in [6.07, 6.45) is 0.750. The van der Waals surface area contributed by atoms with E-state index in [-0.39, 0.29) is 0 Å². The number of hydrogen-bond acceptors (Lipinski definition) is 2. The van der Waals surface area contributed by atoms with Crippen LogP contribution in [0.25, 0.3) is 5.69 Å². The minimum Gasteiger partial charge on any atom is -0.220 e. The lowest BCUT2D eigenvalue weighted by molar-refractivity contribution is 0.627. The molecule has 0 aliphatic rings. The van der Waals surface area contributed by atoms with Crippen LogP contribution >= 0.6 is 11.6 Å². The average Bonchev–Trinajstić information content (AvgIpc) is 2.64. The van der Waals surface area contributed by atoms with Crippen LogP contribution in [0, 0.1) is 38.0 Å². The Morgan fingerprint density at radius 3 is 2.29 bits per heavy atom. The van der Waals surface area contributed by atoms with Gasteiger partial charge >= 0.3 is 0 Å². The quantitative estimate of drug-likeness (QED) is 0.836. The van der Waals surface area contributed by atoms with Crippen LogP contribution in [0.4, 0.5) is 0 Å². The molecule has 110 valence electrons. The lowest BCUT2D eigenvalue weighted by Crippen LogP contribution is -2.04. The lowest BCUT2D eigenvalue weighted by atomic mass is 10.1. The van der Waals surface area contributed by atoms with Crippen molar-refractivity contribution in [2.24, 2.45) is 5.92 Å². The van der Waals surface area contributed by atoms with Gasteiger partial charge in [0, 0.05) is 0 Å². The second kappa shape index (κ2) is 5.91. The van der Waals surface area contributed by atoms with Gasteiger partial charge < -0.3 is 0 Å². The third-order valence-corrected chi connectivity index (χ3v) is 3.81. The molecule has 1 aromatic heterocycles. The molecule has 0 radical (unpaired) electrons. The third-order valence-electron chi connectivity index (χ3n) is 3.46. The maximum absolute atomic E-state index is 9.37. The Morgan fingerprint density at radius 2 is 1.81 bits per heavy atom. The largest absolute Gasteiger partial charge is 0.220 e. The Hall–Kier alpha value is -1.79.